The number of para-hydroxylation sites is 1. The molecule has 0 saturated carbocycles. The average Bonchev–Trinajstić information content (AvgIpc) is 2.95. The molecule has 3 aromatic rings. The highest BCUT2D eigenvalue weighted by Crippen LogP contribution is 2.34. The Kier molecular flexibility index (Phi) is 4.52. The summed E-state index contributed by atoms with van der Waals surface area (Å²) in [6.07, 6.45) is 0.545. The minimum absolute atomic E-state index is 0.198. The van der Waals surface area contributed by atoms with Crippen LogP contribution in [0, 0.1) is 0 Å². The maximum absolute atomic E-state index is 12.9. The van der Waals surface area contributed by atoms with Gasteiger partial charge in [0.1, 0.15) is 6.10 Å². The summed E-state index contributed by atoms with van der Waals surface area (Å²) in [4.78, 5) is 4.68. The van der Waals surface area contributed by atoms with Crippen molar-refractivity contribution >= 4 is 20.9 Å². The molecule has 5 rings (SSSR count). The van der Waals surface area contributed by atoms with E-state index in [9.17, 15) is 8.42 Å². The van der Waals surface area contributed by atoms with Gasteiger partial charge in [-0.1, -0.05) is 18.2 Å². The Hall–Kier alpha value is -2.84. The number of ether oxygens (including phenoxy) is 3. The lowest BCUT2D eigenvalue weighted by Gasteiger charge is -2.37. The maximum atomic E-state index is 12.9. The van der Waals surface area contributed by atoms with Gasteiger partial charge in [0.05, 0.1) is 36.7 Å². The smallest absolute Gasteiger partial charge is 0.243 e. The van der Waals surface area contributed by atoms with Gasteiger partial charge in [-0.15, -0.1) is 0 Å². The predicted octanol–water partition coefficient (Wildman–Crippen LogP) is 2.85. The summed E-state index contributed by atoms with van der Waals surface area (Å²) in [5.41, 5.74) is 0.848. The van der Waals surface area contributed by atoms with Crippen LogP contribution in [0.5, 0.6) is 17.4 Å². The van der Waals surface area contributed by atoms with E-state index in [0.717, 1.165) is 17.3 Å². The van der Waals surface area contributed by atoms with Gasteiger partial charge in [-0.3, -0.25) is 0 Å². The quantitative estimate of drug-likeness (QED) is 0.656. The van der Waals surface area contributed by atoms with E-state index in [2.05, 4.69) is 4.98 Å². The summed E-state index contributed by atoms with van der Waals surface area (Å²) < 4.78 is 44.3. The van der Waals surface area contributed by atoms with E-state index in [-0.39, 0.29) is 24.1 Å². The number of rotatable bonds is 4. The molecule has 0 unspecified atom stereocenters. The lowest BCUT2D eigenvalue weighted by Crippen LogP contribution is -2.56. The monoisotopic (exact) mass is 412 g/mol. The minimum Gasteiger partial charge on any atom is -0.490 e. The van der Waals surface area contributed by atoms with Crippen LogP contribution >= 0.6 is 0 Å². The Morgan fingerprint density at radius 1 is 0.966 bits per heavy atom. The van der Waals surface area contributed by atoms with Crippen LogP contribution < -0.4 is 14.2 Å². The van der Waals surface area contributed by atoms with Crippen molar-refractivity contribution in [1.29, 1.82) is 0 Å². The van der Waals surface area contributed by atoms with Crippen molar-refractivity contribution in [2.45, 2.75) is 17.4 Å². The van der Waals surface area contributed by atoms with E-state index in [1.807, 2.05) is 36.4 Å². The van der Waals surface area contributed by atoms with E-state index in [4.69, 9.17) is 14.2 Å². The van der Waals surface area contributed by atoms with Crippen molar-refractivity contribution in [3.63, 3.8) is 0 Å². The summed E-state index contributed by atoms with van der Waals surface area (Å²) in [7, 11) is -3.61. The van der Waals surface area contributed by atoms with Gasteiger partial charge in [0, 0.05) is 23.9 Å². The van der Waals surface area contributed by atoms with Gasteiger partial charge in [0.15, 0.2) is 11.5 Å². The molecule has 1 fully saturated rings. The first kappa shape index (κ1) is 18.2. The van der Waals surface area contributed by atoms with Crippen molar-refractivity contribution in [3.05, 3.63) is 54.6 Å². The molecule has 2 aromatic carbocycles. The van der Waals surface area contributed by atoms with Crippen LogP contribution in [0.4, 0.5) is 0 Å². The average molecular weight is 412 g/mol. The fourth-order valence-corrected chi connectivity index (χ4v) is 4.93. The second kappa shape index (κ2) is 7.20. The summed E-state index contributed by atoms with van der Waals surface area (Å²) >= 11 is 0. The molecule has 150 valence electrons. The van der Waals surface area contributed by atoms with Crippen molar-refractivity contribution in [2.24, 2.45) is 0 Å². The van der Waals surface area contributed by atoms with Crippen LogP contribution in [0.15, 0.2) is 59.5 Å². The molecule has 0 atom stereocenters. The molecular weight excluding hydrogens is 392 g/mol. The predicted molar refractivity (Wildman–Crippen MR) is 107 cm³/mol. The SMILES string of the molecule is O=S(=O)(c1ccc2c(c1)OCCCO2)N1CC(Oc2ccc3ccccc3n2)C1. The van der Waals surface area contributed by atoms with E-state index < -0.39 is 10.0 Å². The van der Waals surface area contributed by atoms with Crippen LogP contribution in [0.1, 0.15) is 6.42 Å². The Bertz CT molecular complexity index is 1160. The molecule has 0 radical (unpaired) electrons. The summed E-state index contributed by atoms with van der Waals surface area (Å²) in [5.74, 6) is 1.55. The first-order valence-corrected chi connectivity index (χ1v) is 11.0. The Morgan fingerprint density at radius 2 is 1.76 bits per heavy atom. The topological polar surface area (TPSA) is 78.0 Å². The molecule has 7 nitrogen and oxygen atoms in total. The zero-order valence-corrected chi connectivity index (χ0v) is 16.5. The van der Waals surface area contributed by atoms with Crippen molar-refractivity contribution in [2.75, 3.05) is 26.3 Å². The third kappa shape index (κ3) is 3.49. The second-order valence-corrected chi connectivity index (χ2v) is 9.00. The van der Waals surface area contributed by atoms with E-state index in [1.54, 1.807) is 12.1 Å². The molecule has 0 spiro atoms. The highest BCUT2D eigenvalue weighted by molar-refractivity contribution is 7.89. The zero-order valence-electron chi connectivity index (χ0n) is 15.7. The van der Waals surface area contributed by atoms with Gasteiger partial charge in [0.25, 0.3) is 0 Å². The van der Waals surface area contributed by atoms with Crippen LogP contribution in [0.3, 0.4) is 0 Å². The molecular formula is C21H20N2O5S. The van der Waals surface area contributed by atoms with Crippen molar-refractivity contribution in [1.82, 2.24) is 9.29 Å². The van der Waals surface area contributed by atoms with E-state index in [1.165, 1.54) is 10.4 Å². The normalized spacial score (nSPS) is 17.5. The number of pyridine rings is 1. The molecule has 29 heavy (non-hydrogen) atoms. The Labute approximate surface area is 168 Å². The van der Waals surface area contributed by atoms with Gasteiger partial charge >= 0.3 is 0 Å². The molecule has 2 aliphatic heterocycles. The van der Waals surface area contributed by atoms with Crippen molar-refractivity contribution < 1.29 is 22.6 Å². The number of sulfonamides is 1. The highest BCUT2D eigenvalue weighted by atomic mass is 32.2. The summed E-state index contributed by atoms with van der Waals surface area (Å²) in [6.45, 7) is 1.64. The number of aromatic nitrogens is 1. The van der Waals surface area contributed by atoms with Crippen molar-refractivity contribution in [3.8, 4) is 17.4 Å². The number of hydrogen-bond acceptors (Lipinski definition) is 6. The molecule has 0 N–H and O–H groups in total. The number of fused-ring (bicyclic) bond motifs is 2. The van der Waals surface area contributed by atoms with Gasteiger partial charge in [-0.05, 0) is 24.3 Å². The third-order valence-electron chi connectivity index (χ3n) is 5.03. The minimum atomic E-state index is -3.61. The number of hydrogen-bond donors (Lipinski definition) is 0. The molecule has 1 saturated heterocycles. The van der Waals surface area contributed by atoms with Gasteiger partial charge in [0.2, 0.25) is 15.9 Å². The van der Waals surface area contributed by atoms with Crippen LogP contribution in [-0.2, 0) is 10.0 Å². The maximum Gasteiger partial charge on any atom is 0.243 e. The van der Waals surface area contributed by atoms with Gasteiger partial charge < -0.3 is 14.2 Å². The lowest BCUT2D eigenvalue weighted by atomic mass is 10.2. The molecule has 2 aliphatic rings. The standard InChI is InChI=1S/C21H20N2O5S/c24-29(25,17-7-8-19-20(12-17)27-11-3-10-26-19)23-13-16(14-23)28-21-9-6-15-4-1-2-5-18(15)22-21/h1-2,4-9,12,16H,3,10-11,13-14H2. The molecule has 3 heterocycles. The molecule has 1 aromatic heterocycles. The van der Waals surface area contributed by atoms with Crippen LogP contribution in [0.25, 0.3) is 10.9 Å². The fraction of sp³-hybridized carbons (Fsp3) is 0.286. The molecule has 0 bridgehead atoms. The van der Waals surface area contributed by atoms with Crippen LogP contribution in [-0.4, -0.2) is 50.1 Å². The molecule has 0 amide bonds. The Morgan fingerprint density at radius 3 is 2.62 bits per heavy atom. The van der Waals surface area contributed by atoms with E-state index in [0.29, 0.717) is 30.6 Å². The lowest BCUT2D eigenvalue weighted by molar-refractivity contribution is 0.0724. The third-order valence-corrected chi connectivity index (χ3v) is 6.86. The summed E-state index contributed by atoms with van der Waals surface area (Å²) in [5, 5.41) is 1.03. The highest BCUT2D eigenvalue weighted by Gasteiger charge is 2.38. The van der Waals surface area contributed by atoms with E-state index >= 15 is 0 Å². The number of benzene rings is 2. The van der Waals surface area contributed by atoms with Crippen LogP contribution in [0.2, 0.25) is 0 Å². The zero-order chi connectivity index (χ0) is 19.8. The first-order valence-electron chi connectivity index (χ1n) is 9.52. The fourth-order valence-electron chi connectivity index (χ4n) is 3.41. The van der Waals surface area contributed by atoms with Gasteiger partial charge in [-0.25, -0.2) is 13.4 Å². The summed E-state index contributed by atoms with van der Waals surface area (Å²) in [6, 6.07) is 16.3. The second-order valence-electron chi connectivity index (χ2n) is 7.06. The largest absolute Gasteiger partial charge is 0.490 e. The molecule has 8 heteroatoms. The molecule has 0 aliphatic carbocycles. The van der Waals surface area contributed by atoms with Gasteiger partial charge in [-0.2, -0.15) is 4.31 Å². The first-order chi connectivity index (χ1) is 14.1. The Balaban J connectivity index is 1.27. The number of nitrogens with zero attached hydrogens (tertiary/aromatic N) is 2.